The smallest absolute Gasteiger partial charge is 0.246 e. The Morgan fingerprint density at radius 3 is 2.80 bits per heavy atom. The molecule has 0 aromatic carbocycles. The van der Waals surface area contributed by atoms with E-state index in [1.165, 1.54) is 19.3 Å². The third kappa shape index (κ3) is 3.12. The van der Waals surface area contributed by atoms with Crippen molar-refractivity contribution in [2.45, 2.75) is 31.7 Å². The molecule has 2 heterocycles. The van der Waals surface area contributed by atoms with Crippen LogP contribution in [0.3, 0.4) is 0 Å². The lowest BCUT2D eigenvalue weighted by Crippen LogP contribution is -2.42. The maximum Gasteiger partial charge on any atom is 0.246 e. The van der Waals surface area contributed by atoms with Crippen LogP contribution in [0.15, 0.2) is 28.9 Å². The number of rotatable bonds is 3. The summed E-state index contributed by atoms with van der Waals surface area (Å²) in [4.78, 5) is 16.7. The van der Waals surface area contributed by atoms with Gasteiger partial charge in [0.1, 0.15) is 5.76 Å². The van der Waals surface area contributed by atoms with Gasteiger partial charge in [-0.3, -0.25) is 9.69 Å². The molecule has 2 fully saturated rings. The summed E-state index contributed by atoms with van der Waals surface area (Å²) >= 11 is 0. The van der Waals surface area contributed by atoms with Gasteiger partial charge in [0.15, 0.2) is 0 Å². The minimum absolute atomic E-state index is 0.0943. The van der Waals surface area contributed by atoms with E-state index in [2.05, 4.69) is 4.90 Å². The molecule has 108 valence electrons. The molecule has 0 unspecified atom stereocenters. The largest absolute Gasteiger partial charge is 0.465 e. The molecular formula is C16H22N2O2. The molecule has 1 aromatic heterocycles. The molecule has 0 atom stereocenters. The first-order chi connectivity index (χ1) is 9.83. The van der Waals surface area contributed by atoms with Gasteiger partial charge in [-0.15, -0.1) is 0 Å². The minimum Gasteiger partial charge on any atom is -0.465 e. The van der Waals surface area contributed by atoms with E-state index in [0.717, 1.165) is 44.4 Å². The van der Waals surface area contributed by atoms with Gasteiger partial charge in [0.2, 0.25) is 5.91 Å². The van der Waals surface area contributed by atoms with Crippen LogP contribution in [0.25, 0.3) is 6.08 Å². The van der Waals surface area contributed by atoms with Crippen molar-refractivity contribution in [3.63, 3.8) is 0 Å². The molecule has 4 heteroatoms. The van der Waals surface area contributed by atoms with Crippen LogP contribution in [0.2, 0.25) is 0 Å². The first-order valence-corrected chi connectivity index (χ1v) is 7.57. The third-order valence-electron chi connectivity index (χ3n) is 4.37. The fourth-order valence-electron chi connectivity index (χ4n) is 2.92. The molecule has 1 amide bonds. The zero-order chi connectivity index (χ0) is 13.8. The Bertz CT molecular complexity index is 463. The lowest BCUT2D eigenvalue weighted by Gasteiger charge is -2.36. The van der Waals surface area contributed by atoms with E-state index in [1.54, 1.807) is 18.4 Å². The van der Waals surface area contributed by atoms with Crippen LogP contribution >= 0.6 is 0 Å². The minimum atomic E-state index is 0.0943. The summed E-state index contributed by atoms with van der Waals surface area (Å²) in [6.45, 7) is 3.86. The standard InChI is InChI=1S/C16H22N2O2/c19-16(8-7-15-6-2-13-20-15)18-10-3-9-17(11-12-18)14-4-1-5-14/h2,6-8,13-14H,1,3-5,9-12H2. The molecule has 0 bridgehead atoms. The van der Waals surface area contributed by atoms with E-state index in [4.69, 9.17) is 4.42 Å². The zero-order valence-electron chi connectivity index (χ0n) is 11.8. The number of furan rings is 1. The Kier molecular flexibility index (Phi) is 4.21. The summed E-state index contributed by atoms with van der Waals surface area (Å²) in [5, 5.41) is 0. The Morgan fingerprint density at radius 1 is 1.20 bits per heavy atom. The second kappa shape index (κ2) is 6.27. The summed E-state index contributed by atoms with van der Waals surface area (Å²) in [5.74, 6) is 0.820. The monoisotopic (exact) mass is 274 g/mol. The normalized spacial score (nSPS) is 21.9. The molecule has 0 N–H and O–H groups in total. The van der Waals surface area contributed by atoms with Crippen molar-refractivity contribution in [1.82, 2.24) is 9.80 Å². The van der Waals surface area contributed by atoms with Crippen LogP contribution in [0.5, 0.6) is 0 Å². The van der Waals surface area contributed by atoms with Gasteiger partial charge >= 0.3 is 0 Å². The number of carbonyl (C=O) groups excluding carboxylic acids is 1. The predicted molar refractivity (Wildman–Crippen MR) is 78.2 cm³/mol. The Labute approximate surface area is 120 Å². The highest BCUT2D eigenvalue weighted by Crippen LogP contribution is 2.25. The Balaban J connectivity index is 1.53. The van der Waals surface area contributed by atoms with E-state index in [-0.39, 0.29) is 5.91 Å². The first-order valence-electron chi connectivity index (χ1n) is 7.57. The van der Waals surface area contributed by atoms with Crippen LogP contribution in [0, 0.1) is 0 Å². The topological polar surface area (TPSA) is 36.7 Å². The van der Waals surface area contributed by atoms with E-state index < -0.39 is 0 Å². The van der Waals surface area contributed by atoms with Crippen molar-refractivity contribution in [2.75, 3.05) is 26.2 Å². The van der Waals surface area contributed by atoms with Gasteiger partial charge in [-0.25, -0.2) is 0 Å². The van der Waals surface area contributed by atoms with Crippen molar-refractivity contribution in [3.8, 4) is 0 Å². The fourth-order valence-corrected chi connectivity index (χ4v) is 2.92. The molecule has 1 aliphatic heterocycles. The molecule has 4 nitrogen and oxygen atoms in total. The molecule has 0 radical (unpaired) electrons. The molecule has 1 aliphatic carbocycles. The van der Waals surface area contributed by atoms with Crippen molar-refractivity contribution in [2.24, 2.45) is 0 Å². The Hall–Kier alpha value is -1.55. The van der Waals surface area contributed by atoms with E-state index in [1.807, 2.05) is 17.0 Å². The average Bonchev–Trinajstić information content (AvgIpc) is 2.80. The molecule has 20 heavy (non-hydrogen) atoms. The number of hydrogen-bond donors (Lipinski definition) is 0. The molecule has 1 saturated heterocycles. The van der Waals surface area contributed by atoms with Gasteiger partial charge < -0.3 is 9.32 Å². The summed E-state index contributed by atoms with van der Waals surface area (Å²) in [6, 6.07) is 4.46. The van der Waals surface area contributed by atoms with Gasteiger partial charge in [-0.2, -0.15) is 0 Å². The molecule has 0 spiro atoms. The summed E-state index contributed by atoms with van der Waals surface area (Å²) < 4.78 is 5.20. The van der Waals surface area contributed by atoms with Gasteiger partial charge in [-0.1, -0.05) is 6.42 Å². The van der Waals surface area contributed by atoms with Crippen LogP contribution in [0.1, 0.15) is 31.4 Å². The van der Waals surface area contributed by atoms with E-state index in [9.17, 15) is 4.79 Å². The predicted octanol–water partition coefficient (Wildman–Crippen LogP) is 2.38. The fraction of sp³-hybridized carbons (Fsp3) is 0.562. The van der Waals surface area contributed by atoms with E-state index in [0.29, 0.717) is 0 Å². The summed E-state index contributed by atoms with van der Waals surface area (Å²) in [7, 11) is 0. The average molecular weight is 274 g/mol. The maximum absolute atomic E-state index is 12.2. The van der Waals surface area contributed by atoms with Crippen LogP contribution in [-0.2, 0) is 4.79 Å². The van der Waals surface area contributed by atoms with Gasteiger partial charge in [0, 0.05) is 38.3 Å². The highest BCUT2D eigenvalue weighted by atomic mass is 16.3. The molecule has 1 saturated carbocycles. The summed E-state index contributed by atoms with van der Waals surface area (Å²) in [5.41, 5.74) is 0. The van der Waals surface area contributed by atoms with Gasteiger partial charge in [-0.05, 0) is 37.5 Å². The molecule has 1 aromatic rings. The zero-order valence-corrected chi connectivity index (χ0v) is 11.8. The van der Waals surface area contributed by atoms with Crippen LogP contribution in [-0.4, -0.2) is 47.9 Å². The molecule has 2 aliphatic rings. The number of hydrogen-bond acceptors (Lipinski definition) is 3. The Morgan fingerprint density at radius 2 is 2.10 bits per heavy atom. The second-order valence-corrected chi connectivity index (χ2v) is 5.65. The van der Waals surface area contributed by atoms with Crippen molar-refractivity contribution in [3.05, 3.63) is 30.2 Å². The number of nitrogens with zero attached hydrogens (tertiary/aromatic N) is 2. The van der Waals surface area contributed by atoms with Crippen molar-refractivity contribution < 1.29 is 9.21 Å². The first kappa shape index (κ1) is 13.4. The van der Waals surface area contributed by atoms with Crippen molar-refractivity contribution >= 4 is 12.0 Å². The molecule has 3 rings (SSSR count). The highest BCUT2D eigenvalue weighted by molar-refractivity contribution is 5.91. The van der Waals surface area contributed by atoms with Crippen LogP contribution < -0.4 is 0 Å². The van der Waals surface area contributed by atoms with E-state index >= 15 is 0 Å². The highest BCUT2D eigenvalue weighted by Gasteiger charge is 2.27. The summed E-state index contributed by atoms with van der Waals surface area (Å²) in [6.07, 6.45) is 10.1. The maximum atomic E-state index is 12.2. The number of carbonyl (C=O) groups is 1. The molecular weight excluding hydrogens is 252 g/mol. The SMILES string of the molecule is O=C(C=Cc1ccco1)N1CCCN(C2CCC2)CC1. The van der Waals surface area contributed by atoms with Crippen molar-refractivity contribution in [1.29, 1.82) is 0 Å². The lowest BCUT2D eigenvalue weighted by atomic mass is 9.91. The second-order valence-electron chi connectivity index (χ2n) is 5.65. The third-order valence-corrected chi connectivity index (χ3v) is 4.37. The lowest BCUT2D eigenvalue weighted by molar-refractivity contribution is -0.125. The van der Waals surface area contributed by atoms with Gasteiger partial charge in [0.05, 0.1) is 6.26 Å². The van der Waals surface area contributed by atoms with Crippen LogP contribution in [0.4, 0.5) is 0 Å². The quantitative estimate of drug-likeness (QED) is 0.794. The van der Waals surface area contributed by atoms with Gasteiger partial charge in [0.25, 0.3) is 0 Å². The number of amides is 1.